The molecule has 1 aromatic rings. The van der Waals surface area contributed by atoms with Crippen LogP contribution in [0.4, 0.5) is 0 Å². The number of benzene rings is 1. The molecule has 8 heteroatoms. The Morgan fingerprint density at radius 3 is 2.19 bits per heavy atom. The Balaban J connectivity index is 0.00000625. The lowest BCUT2D eigenvalue weighted by Crippen LogP contribution is -2.40. The topological polar surface area (TPSA) is 73.8 Å². The van der Waals surface area contributed by atoms with Crippen LogP contribution in [0.2, 0.25) is 0 Å². The van der Waals surface area contributed by atoms with Gasteiger partial charge in [0.15, 0.2) is 5.96 Å². The van der Waals surface area contributed by atoms with Crippen molar-refractivity contribution in [3.8, 4) is 0 Å². The summed E-state index contributed by atoms with van der Waals surface area (Å²) in [4.78, 5) is 4.20. The van der Waals surface area contributed by atoms with Crippen LogP contribution in [0.25, 0.3) is 0 Å². The maximum absolute atomic E-state index is 11.5. The van der Waals surface area contributed by atoms with E-state index in [2.05, 4.69) is 47.7 Å². The number of aryl methyl sites for hydroxylation is 2. The number of rotatable bonds is 9. The summed E-state index contributed by atoms with van der Waals surface area (Å²) in [6, 6.07) is 6.58. The van der Waals surface area contributed by atoms with Gasteiger partial charge in [0.2, 0.25) is 10.0 Å². The molecule has 0 amide bonds. The number of aliphatic imine (C=N–C) groups is 1. The molecule has 0 aromatic heterocycles. The highest BCUT2D eigenvalue weighted by Crippen LogP contribution is 2.08. The van der Waals surface area contributed by atoms with E-state index in [1.807, 2.05) is 6.92 Å². The van der Waals surface area contributed by atoms with Gasteiger partial charge in [-0.2, -0.15) is 0 Å². The number of hydrogen-bond donors (Lipinski definition) is 2. The van der Waals surface area contributed by atoms with Crippen LogP contribution in [0.1, 0.15) is 30.0 Å². The van der Waals surface area contributed by atoms with E-state index >= 15 is 0 Å². The molecule has 26 heavy (non-hydrogen) atoms. The minimum absolute atomic E-state index is 0. The second-order valence-electron chi connectivity index (χ2n) is 6.28. The Hall–Kier alpha value is -0.870. The minimum atomic E-state index is -3.11. The first kappa shape index (κ1) is 25.1. The molecule has 0 radical (unpaired) electrons. The highest BCUT2D eigenvalue weighted by molar-refractivity contribution is 14.0. The van der Waals surface area contributed by atoms with Crippen molar-refractivity contribution in [2.24, 2.45) is 4.99 Å². The highest BCUT2D eigenvalue weighted by Gasteiger charge is 2.13. The van der Waals surface area contributed by atoms with Crippen LogP contribution in [0, 0.1) is 13.8 Å². The molecule has 0 unspecified atom stereocenters. The van der Waals surface area contributed by atoms with Crippen molar-refractivity contribution in [2.45, 2.75) is 33.6 Å². The molecule has 0 saturated carbocycles. The number of nitrogens with zero attached hydrogens (tertiary/aromatic N) is 2. The lowest BCUT2D eigenvalue weighted by atomic mass is 10.1. The van der Waals surface area contributed by atoms with Gasteiger partial charge in [-0.1, -0.05) is 36.2 Å². The van der Waals surface area contributed by atoms with Gasteiger partial charge >= 0.3 is 0 Å². The molecule has 0 atom stereocenters. The lowest BCUT2D eigenvalue weighted by molar-refractivity contribution is 0.424. The molecule has 2 N–H and O–H groups in total. The zero-order chi connectivity index (χ0) is 18.9. The number of hydrogen-bond acceptors (Lipinski definition) is 3. The molecule has 0 bridgehead atoms. The molecule has 1 rings (SSSR count). The highest BCUT2D eigenvalue weighted by atomic mass is 127. The minimum Gasteiger partial charge on any atom is -0.356 e. The van der Waals surface area contributed by atoms with Gasteiger partial charge in [0, 0.05) is 33.2 Å². The zero-order valence-corrected chi connectivity index (χ0v) is 19.6. The quantitative estimate of drug-likeness (QED) is 0.238. The van der Waals surface area contributed by atoms with E-state index in [4.69, 9.17) is 0 Å². The molecule has 0 fully saturated rings. The zero-order valence-electron chi connectivity index (χ0n) is 16.5. The van der Waals surface area contributed by atoms with Gasteiger partial charge in [-0.3, -0.25) is 4.99 Å². The number of halogens is 1. The number of sulfonamides is 1. The van der Waals surface area contributed by atoms with Crippen LogP contribution in [0.15, 0.2) is 23.2 Å². The van der Waals surface area contributed by atoms with Crippen LogP contribution in [0.3, 0.4) is 0 Å². The smallest absolute Gasteiger partial charge is 0.211 e. The van der Waals surface area contributed by atoms with Crippen molar-refractivity contribution in [3.63, 3.8) is 0 Å². The fourth-order valence-electron chi connectivity index (χ4n) is 2.78. The van der Waals surface area contributed by atoms with E-state index in [9.17, 15) is 8.42 Å². The first-order valence-electron chi connectivity index (χ1n) is 8.73. The standard InChI is InChI=1S/C18H32N4O2S.HI/c1-6-22(25(5,23)24)11-7-9-20-18(19-4)21-10-8-17-13-15(2)12-16(3)14-17;/h12-14H,6-11H2,1-5H3,(H2,19,20,21);1H. The summed E-state index contributed by atoms with van der Waals surface area (Å²) in [6.07, 6.45) is 2.91. The van der Waals surface area contributed by atoms with Crippen molar-refractivity contribution >= 4 is 40.0 Å². The van der Waals surface area contributed by atoms with Gasteiger partial charge in [-0.05, 0) is 32.3 Å². The summed E-state index contributed by atoms with van der Waals surface area (Å²) in [5, 5.41) is 6.52. The fourth-order valence-corrected chi connectivity index (χ4v) is 3.71. The average Bonchev–Trinajstić information content (AvgIpc) is 2.50. The third kappa shape index (κ3) is 9.72. The summed E-state index contributed by atoms with van der Waals surface area (Å²) in [7, 11) is -1.38. The Kier molecular flexibility index (Phi) is 12.1. The normalized spacial score (nSPS) is 12.0. The SMILES string of the molecule is CCN(CCCNC(=NC)NCCc1cc(C)cc(C)c1)S(C)(=O)=O.I. The summed E-state index contributed by atoms with van der Waals surface area (Å²) in [5.41, 5.74) is 3.87. The molecule has 0 spiro atoms. The van der Waals surface area contributed by atoms with Gasteiger partial charge < -0.3 is 10.6 Å². The molecule has 0 aliphatic heterocycles. The van der Waals surface area contributed by atoms with Gasteiger partial charge in [0.05, 0.1) is 6.26 Å². The molecule has 6 nitrogen and oxygen atoms in total. The van der Waals surface area contributed by atoms with E-state index in [0.717, 1.165) is 25.3 Å². The van der Waals surface area contributed by atoms with Crippen molar-refractivity contribution in [1.29, 1.82) is 0 Å². The Bertz CT molecular complexity index is 658. The van der Waals surface area contributed by atoms with E-state index in [-0.39, 0.29) is 24.0 Å². The Morgan fingerprint density at radius 2 is 1.69 bits per heavy atom. The summed E-state index contributed by atoms with van der Waals surface area (Å²) in [5.74, 6) is 0.742. The van der Waals surface area contributed by atoms with Crippen LogP contribution in [0.5, 0.6) is 0 Å². The third-order valence-electron chi connectivity index (χ3n) is 3.91. The predicted octanol–water partition coefficient (Wildman–Crippen LogP) is 2.30. The third-order valence-corrected chi connectivity index (χ3v) is 5.29. The molecule has 1 aromatic carbocycles. The van der Waals surface area contributed by atoms with Crippen molar-refractivity contribution in [1.82, 2.24) is 14.9 Å². The van der Waals surface area contributed by atoms with E-state index < -0.39 is 10.0 Å². The van der Waals surface area contributed by atoms with Gasteiger partial charge in [-0.25, -0.2) is 12.7 Å². The lowest BCUT2D eigenvalue weighted by Gasteiger charge is -2.18. The summed E-state index contributed by atoms with van der Waals surface area (Å²) >= 11 is 0. The van der Waals surface area contributed by atoms with E-state index in [0.29, 0.717) is 19.6 Å². The van der Waals surface area contributed by atoms with Gasteiger partial charge in [-0.15, -0.1) is 24.0 Å². The van der Waals surface area contributed by atoms with Crippen molar-refractivity contribution in [3.05, 3.63) is 34.9 Å². The maximum atomic E-state index is 11.5. The Morgan fingerprint density at radius 1 is 1.12 bits per heavy atom. The van der Waals surface area contributed by atoms with Gasteiger partial charge in [0.1, 0.15) is 0 Å². The largest absolute Gasteiger partial charge is 0.356 e. The van der Waals surface area contributed by atoms with Crippen LogP contribution in [-0.4, -0.2) is 58.2 Å². The molecule has 150 valence electrons. The monoisotopic (exact) mass is 496 g/mol. The summed E-state index contributed by atoms with van der Waals surface area (Å²) < 4.78 is 24.6. The maximum Gasteiger partial charge on any atom is 0.211 e. The van der Waals surface area contributed by atoms with Gasteiger partial charge in [0.25, 0.3) is 0 Å². The average molecular weight is 496 g/mol. The second kappa shape index (κ2) is 12.5. The van der Waals surface area contributed by atoms with Crippen LogP contribution < -0.4 is 10.6 Å². The van der Waals surface area contributed by atoms with E-state index in [1.165, 1.54) is 27.3 Å². The number of guanidine groups is 1. The Labute approximate surface area is 175 Å². The van der Waals surface area contributed by atoms with Crippen LogP contribution >= 0.6 is 24.0 Å². The summed E-state index contributed by atoms with van der Waals surface area (Å²) in [6.45, 7) is 8.56. The predicted molar refractivity (Wildman–Crippen MR) is 121 cm³/mol. The number of nitrogens with one attached hydrogen (secondary N) is 2. The molecular formula is C18H33IN4O2S. The first-order chi connectivity index (χ1) is 11.8. The molecule has 0 aliphatic rings. The second-order valence-corrected chi connectivity index (χ2v) is 8.26. The van der Waals surface area contributed by atoms with Crippen molar-refractivity contribution < 1.29 is 8.42 Å². The molecular weight excluding hydrogens is 463 g/mol. The van der Waals surface area contributed by atoms with E-state index in [1.54, 1.807) is 7.05 Å². The van der Waals surface area contributed by atoms with Crippen molar-refractivity contribution in [2.75, 3.05) is 39.5 Å². The molecule has 0 heterocycles. The van der Waals surface area contributed by atoms with Crippen LogP contribution in [-0.2, 0) is 16.4 Å². The fraction of sp³-hybridized carbons (Fsp3) is 0.611. The molecule has 0 saturated heterocycles. The molecule has 0 aliphatic carbocycles. The first-order valence-corrected chi connectivity index (χ1v) is 10.6.